The molecule has 0 bridgehead atoms. The van der Waals surface area contributed by atoms with Gasteiger partial charge in [-0.05, 0) is 38.2 Å². The van der Waals surface area contributed by atoms with Crippen molar-refractivity contribution in [3.8, 4) is 0 Å². The van der Waals surface area contributed by atoms with Crippen LogP contribution in [0, 0.1) is 5.92 Å². The molecule has 3 nitrogen and oxygen atoms in total. The number of carbonyl (C=O) groups is 1. The molecule has 0 amide bonds. The van der Waals surface area contributed by atoms with Crippen LogP contribution in [0.2, 0.25) is 0 Å². The molecule has 15 heavy (non-hydrogen) atoms. The van der Waals surface area contributed by atoms with Crippen LogP contribution in [0.1, 0.15) is 26.2 Å². The number of hydrogen-bond donors (Lipinski definition) is 1. The molecular formula is C11H13FO3. The average molecular weight is 212 g/mol. The highest BCUT2D eigenvalue weighted by Crippen LogP contribution is 2.54. The molecule has 0 spiro atoms. The number of aliphatic hydroxyl groups is 1. The predicted molar refractivity (Wildman–Crippen MR) is 49.8 cm³/mol. The van der Waals surface area contributed by atoms with Gasteiger partial charge in [0.05, 0.1) is 5.57 Å². The highest BCUT2D eigenvalue weighted by atomic mass is 19.1. The zero-order valence-corrected chi connectivity index (χ0v) is 8.50. The predicted octanol–water partition coefficient (Wildman–Crippen LogP) is 1.11. The van der Waals surface area contributed by atoms with E-state index in [1.165, 1.54) is 13.0 Å². The first-order chi connectivity index (χ1) is 6.93. The number of halogens is 1. The van der Waals surface area contributed by atoms with Crippen LogP contribution >= 0.6 is 0 Å². The number of esters is 1. The minimum atomic E-state index is -1.50. The van der Waals surface area contributed by atoms with Crippen LogP contribution in [0.25, 0.3) is 0 Å². The van der Waals surface area contributed by atoms with Crippen molar-refractivity contribution in [2.24, 2.45) is 5.92 Å². The largest absolute Gasteiger partial charge is 0.455 e. The lowest BCUT2D eigenvalue weighted by Gasteiger charge is -2.36. The van der Waals surface area contributed by atoms with Gasteiger partial charge in [0.1, 0.15) is 17.4 Å². The fourth-order valence-corrected chi connectivity index (χ4v) is 3.23. The van der Waals surface area contributed by atoms with Gasteiger partial charge in [-0.25, -0.2) is 9.18 Å². The highest BCUT2D eigenvalue weighted by Gasteiger charge is 2.63. The van der Waals surface area contributed by atoms with E-state index in [4.69, 9.17) is 4.74 Å². The number of alkyl halides is 1. The molecule has 82 valence electrons. The molecule has 2 aliphatic carbocycles. The molecule has 1 unspecified atom stereocenters. The second-order valence-electron chi connectivity index (χ2n) is 5.03. The van der Waals surface area contributed by atoms with Gasteiger partial charge in [0.15, 0.2) is 0 Å². The Labute approximate surface area is 86.9 Å². The molecule has 3 aliphatic rings. The summed E-state index contributed by atoms with van der Waals surface area (Å²) in [5.74, 6) is -0.722. The maximum absolute atomic E-state index is 13.9. The van der Waals surface area contributed by atoms with Crippen molar-refractivity contribution in [2.75, 3.05) is 0 Å². The zero-order valence-electron chi connectivity index (χ0n) is 8.50. The average Bonchev–Trinajstić information content (AvgIpc) is 2.54. The van der Waals surface area contributed by atoms with E-state index in [-0.39, 0.29) is 17.9 Å². The first kappa shape index (κ1) is 9.33. The van der Waals surface area contributed by atoms with Crippen LogP contribution in [-0.4, -0.2) is 28.4 Å². The SMILES string of the molecule is C[C@]1(F)C=C2C(=O)O[C@@H]3CCC(C1)[C@]23O. The number of rotatable bonds is 0. The summed E-state index contributed by atoms with van der Waals surface area (Å²) in [6.07, 6.45) is 2.44. The third-order valence-electron chi connectivity index (χ3n) is 3.88. The Kier molecular flexibility index (Phi) is 1.51. The van der Waals surface area contributed by atoms with Crippen LogP contribution in [0.5, 0.6) is 0 Å². The first-order valence-electron chi connectivity index (χ1n) is 5.29. The Morgan fingerprint density at radius 3 is 3.07 bits per heavy atom. The summed E-state index contributed by atoms with van der Waals surface area (Å²) in [4.78, 5) is 11.5. The van der Waals surface area contributed by atoms with Gasteiger partial charge in [-0.15, -0.1) is 0 Å². The Bertz CT molecular complexity index is 374. The fourth-order valence-electron chi connectivity index (χ4n) is 3.23. The molecule has 0 aromatic rings. The van der Waals surface area contributed by atoms with E-state index in [0.29, 0.717) is 6.42 Å². The second-order valence-corrected chi connectivity index (χ2v) is 5.03. The van der Waals surface area contributed by atoms with E-state index in [9.17, 15) is 14.3 Å². The van der Waals surface area contributed by atoms with Crippen molar-refractivity contribution in [1.82, 2.24) is 0 Å². The van der Waals surface area contributed by atoms with Crippen LogP contribution in [0.3, 0.4) is 0 Å². The van der Waals surface area contributed by atoms with Crippen molar-refractivity contribution in [3.63, 3.8) is 0 Å². The lowest BCUT2D eigenvalue weighted by atomic mass is 9.72. The maximum Gasteiger partial charge on any atom is 0.337 e. The number of carbonyl (C=O) groups excluding carboxylic acids is 1. The lowest BCUT2D eigenvalue weighted by molar-refractivity contribution is -0.140. The van der Waals surface area contributed by atoms with Gasteiger partial charge < -0.3 is 9.84 Å². The smallest absolute Gasteiger partial charge is 0.337 e. The Morgan fingerprint density at radius 2 is 2.33 bits per heavy atom. The molecule has 1 aliphatic heterocycles. The van der Waals surface area contributed by atoms with E-state index in [1.807, 2.05) is 0 Å². The summed E-state index contributed by atoms with van der Waals surface area (Å²) in [7, 11) is 0. The molecule has 2 fully saturated rings. The number of allylic oxidation sites excluding steroid dienone is 1. The third-order valence-corrected chi connectivity index (χ3v) is 3.88. The lowest BCUT2D eigenvalue weighted by Crippen LogP contribution is -2.47. The fraction of sp³-hybridized carbons (Fsp3) is 0.727. The number of hydrogen-bond acceptors (Lipinski definition) is 3. The van der Waals surface area contributed by atoms with E-state index in [2.05, 4.69) is 0 Å². The summed E-state index contributed by atoms with van der Waals surface area (Å²) in [6.45, 7) is 1.44. The van der Waals surface area contributed by atoms with Crippen molar-refractivity contribution in [1.29, 1.82) is 0 Å². The standard InChI is InChI=1S/C11H13FO3/c1-10(12)4-6-2-3-8-11(6,14)7(5-10)9(13)15-8/h5-6,8,14H,2-4H2,1H3/t6?,8-,10-,11+/m1/s1. The van der Waals surface area contributed by atoms with Crippen molar-refractivity contribution in [2.45, 2.75) is 43.6 Å². The first-order valence-corrected chi connectivity index (χ1v) is 5.29. The molecule has 0 aromatic heterocycles. The third kappa shape index (κ3) is 1.00. The van der Waals surface area contributed by atoms with E-state index < -0.39 is 23.3 Å². The van der Waals surface area contributed by atoms with Gasteiger partial charge in [-0.3, -0.25) is 0 Å². The molecule has 0 aromatic carbocycles. The molecule has 1 saturated carbocycles. The Morgan fingerprint density at radius 1 is 1.60 bits per heavy atom. The Balaban J connectivity index is 2.16. The van der Waals surface area contributed by atoms with E-state index in [0.717, 1.165) is 6.42 Å². The summed E-state index contributed by atoms with van der Waals surface area (Å²) in [5, 5.41) is 10.4. The molecule has 0 radical (unpaired) electrons. The minimum absolute atomic E-state index is 0.145. The summed E-state index contributed by atoms with van der Waals surface area (Å²) in [6, 6.07) is 0. The van der Waals surface area contributed by atoms with Crippen molar-refractivity contribution < 1.29 is 19.0 Å². The number of ether oxygens (including phenoxy) is 1. The molecule has 4 atom stereocenters. The maximum atomic E-state index is 13.9. The van der Waals surface area contributed by atoms with Crippen molar-refractivity contribution in [3.05, 3.63) is 11.6 Å². The molecule has 1 saturated heterocycles. The van der Waals surface area contributed by atoms with Gasteiger partial charge in [-0.2, -0.15) is 0 Å². The monoisotopic (exact) mass is 212 g/mol. The van der Waals surface area contributed by atoms with Gasteiger partial charge in [0.25, 0.3) is 0 Å². The van der Waals surface area contributed by atoms with Crippen LogP contribution in [0.4, 0.5) is 4.39 Å². The molecular weight excluding hydrogens is 199 g/mol. The summed E-state index contributed by atoms with van der Waals surface area (Å²) >= 11 is 0. The molecule has 1 N–H and O–H groups in total. The van der Waals surface area contributed by atoms with Gasteiger partial charge in [0.2, 0.25) is 0 Å². The normalized spacial score (nSPS) is 52.5. The van der Waals surface area contributed by atoms with E-state index >= 15 is 0 Å². The quantitative estimate of drug-likeness (QED) is 0.612. The van der Waals surface area contributed by atoms with Gasteiger partial charge in [0, 0.05) is 0 Å². The molecule has 4 heteroatoms. The van der Waals surface area contributed by atoms with Crippen LogP contribution in [0.15, 0.2) is 11.6 Å². The highest BCUT2D eigenvalue weighted by molar-refractivity contribution is 5.94. The Hall–Kier alpha value is -0.900. The van der Waals surface area contributed by atoms with Gasteiger partial charge in [-0.1, -0.05) is 0 Å². The van der Waals surface area contributed by atoms with Crippen LogP contribution < -0.4 is 0 Å². The molecule has 3 rings (SSSR count). The van der Waals surface area contributed by atoms with E-state index in [1.54, 1.807) is 0 Å². The second kappa shape index (κ2) is 2.43. The molecule has 1 heterocycles. The van der Waals surface area contributed by atoms with Crippen LogP contribution in [-0.2, 0) is 9.53 Å². The minimum Gasteiger partial charge on any atom is -0.455 e. The summed E-state index contributed by atoms with van der Waals surface area (Å²) < 4.78 is 19.0. The topological polar surface area (TPSA) is 46.5 Å². The van der Waals surface area contributed by atoms with Crippen molar-refractivity contribution >= 4 is 5.97 Å². The van der Waals surface area contributed by atoms with Gasteiger partial charge >= 0.3 is 5.97 Å². The summed E-state index contributed by atoms with van der Waals surface area (Å²) in [5.41, 5.74) is -2.56. The zero-order chi connectivity index (χ0) is 10.8.